The second-order valence-corrected chi connectivity index (χ2v) is 3.87. The molecule has 1 heterocycles. The average molecular weight is 274 g/mol. The maximum Gasteiger partial charge on any atom is 0.453 e. The highest BCUT2D eigenvalue weighted by atomic mass is 19.4. The van der Waals surface area contributed by atoms with Gasteiger partial charge in [0.05, 0.1) is 12.5 Å². The number of ether oxygens (including phenoxy) is 2. The zero-order valence-corrected chi connectivity index (χ0v) is 9.34. The third-order valence-corrected chi connectivity index (χ3v) is 2.64. The van der Waals surface area contributed by atoms with E-state index >= 15 is 0 Å². The molecule has 0 aromatic rings. The van der Waals surface area contributed by atoms with Crippen molar-refractivity contribution in [2.75, 3.05) is 6.61 Å². The molecule has 104 valence electrons. The van der Waals surface area contributed by atoms with E-state index in [9.17, 15) is 26.7 Å². The molecular weight excluding hydrogens is 263 g/mol. The molecule has 1 saturated heterocycles. The number of rotatable bonds is 4. The Morgan fingerprint density at radius 2 is 2.00 bits per heavy atom. The standard InChI is InChI=1S/C10H11F5O3/c1-3-7(16)18-5(2)8-6(4-17-8)9(11,12)10(13,14)15/h3,5-6,8H,1,4H2,2H3. The lowest BCUT2D eigenvalue weighted by molar-refractivity contribution is -0.349. The lowest BCUT2D eigenvalue weighted by Crippen LogP contribution is -2.60. The van der Waals surface area contributed by atoms with Crippen LogP contribution < -0.4 is 0 Å². The highest BCUT2D eigenvalue weighted by Crippen LogP contribution is 2.47. The molecule has 1 rings (SSSR count). The highest BCUT2D eigenvalue weighted by molar-refractivity contribution is 5.81. The van der Waals surface area contributed by atoms with Gasteiger partial charge >= 0.3 is 18.1 Å². The van der Waals surface area contributed by atoms with Crippen LogP contribution in [0, 0.1) is 5.92 Å². The fraction of sp³-hybridized carbons (Fsp3) is 0.700. The van der Waals surface area contributed by atoms with Crippen molar-refractivity contribution in [2.45, 2.75) is 31.2 Å². The lowest BCUT2D eigenvalue weighted by Gasteiger charge is -2.43. The first kappa shape index (κ1) is 14.9. The summed E-state index contributed by atoms with van der Waals surface area (Å²) in [5, 5.41) is 0. The normalized spacial score (nSPS) is 26.1. The minimum atomic E-state index is -5.65. The Labute approximate surface area is 99.5 Å². The number of hydrogen-bond donors (Lipinski definition) is 0. The van der Waals surface area contributed by atoms with E-state index in [-0.39, 0.29) is 0 Å². The summed E-state index contributed by atoms with van der Waals surface area (Å²) < 4.78 is 71.7. The predicted molar refractivity (Wildman–Crippen MR) is 50.0 cm³/mol. The molecule has 8 heteroatoms. The van der Waals surface area contributed by atoms with E-state index < -0.39 is 42.8 Å². The molecule has 3 atom stereocenters. The molecule has 0 aromatic heterocycles. The van der Waals surface area contributed by atoms with Crippen LogP contribution in [0.2, 0.25) is 0 Å². The van der Waals surface area contributed by atoms with Crippen molar-refractivity contribution >= 4 is 5.97 Å². The molecule has 0 N–H and O–H groups in total. The fourth-order valence-electron chi connectivity index (χ4n) is 1.59. The van der Waals surface area contributed by atoms with Gasteiger partial charge in [-0.2, -0.15) is 22.0 Å². The highest BCUT2D eigenvalue weighted by Gasteiger charge is 2.67. The first-order valence-electron chi connectivity index (χ1n) is 5.00. The molecule has 3 unspecified atom stereocenters. The smallest absolute Gasteiger partial charge is 0.453 e. The summed E-state index contributed by atoms with van der Waals surface area (Å²) in [5.74, 6) is -7.83. The SMILES string of the molecule is C=CC(=O)OC(C)C1OCC1C(F)(F)C(F)(F)F. The first-order chi connectivity index (χ1) is 8.11. The van der Waals surface area contributed by atoms with Crippen LogP contribution in [0.1, 0.15) is 6.92 Å². The molecule has 3 nitrogen and oxygen atoms in total. The van der Waals surface area contributed by atoms with Crippen LogP contribution in [0.15, 0.2) is 12.7 Å². The number of esters is 1. The molecule has 18 heavy (non-hydrogen) atoms. The summed E-state index contributed by atoms with van der Waals surface area (Å²) in [5.41, 5.74) is 0. The van der Waals surface area contributed by atoms with Crippen LogP contribution in [0.4, 0.5) is 22.0 Å². The molecular formula is C10H11F5O3. The molecule has 0 aromatic carbocycles. The van der Waals surface area contributed by atoms with Gasteiger partial charge in [-0.15, -0.1) is 0 Å². The van der Waals surface area contributed by atoms with Crippen LogP contribution in [0.25, 0.3) is 0 Å². The number of carbonyl (C=O) groups excluding carboxylic acids is 1. The zero-order valence-electron chi connectivity index (χ0n) is 9.34. The molecule has 0 bridgehead atoms. The van der Waals surface area contributed by atoms with Crippen LogP contribution in [-0.2, 0) is 14.3 Å². The summed E-state index contributed by atoms with van der Waals surface area (Å²) in [6.45, 7) is 3.54. The van der Waals surface area contributed by atoms with E-state index in [2.05, 4.69) is 16.1 Å². The van der Waals surface area contributed by atoms with Crippen molar-refractivity contribution in [3.8, 4) is 0 Å². The summed E-state index contributed by atoms with van der Waals surface area (Å²) in [6, 6.07) is 0. The summed E-state index contributed by atoms with van der Waals surface area (Å²) >= 11 is 0. The van der Waals surface area contributed by atoms with Crippen molar-refractivity contribution in [3.05, 3.63) is 12.7 Å². The van der Waals surface area contributed by atoms with Gasteiger partial charge in [-0.1, -0.05) is 6.58 Å². The van der Waals surface area contributed by atoms with Crippen LogP contribution in [0.3, 0.4) is 0 Å². The van der Waals surface area contributed by atoms with Crippen molar-refractivity contribution in [3.63, 3.8) is 0 Å². The predicted octanol–water partition coefficient (Wildman–Crippen LogP) is 2.32. The van der Waals surface area contributed by atoms with Crippen molar-refractivity contribution in [1.82, 2.24) is 0 Å². The van der Waals surface area contributed by atoms with E-state index in [4.69, 9.17) is 0 Å². The van der Waals surface area contributed by atoms with Gasteiger partial charge < -0.3 is 9.47 Å². The van der Waals surface area contributed by atoms with Crippen LogP contribution in [-0.4, -0.2) is 36.9 Å². The van der Waals surface area contributed by atoms with E-state index in [0.29, 0.717) is 0 Å². The Balaban J connectivity index is 2.71. The molecule has 0 aliphatic carbocycles. The first-order valence-corrected chi connectivity index (χ1v) is 5.00. The Morgan fingerprint density at radius 1 is 1.44 bits per heavy atom. The summed E-state index contributed by atoms with van der Waals surface area (Å²) in [4.78, 5) is 10.8. The maximum atomic E-state index is 13.0. The van der Waals surface area contributed by atoms with Gasteiger partial charge in [-0.3, -0.25) is 0 Å². The fourth-order valence-corrected chi connectivity index (χ4v) is 1.59. The molecule has 1 fully saturated rings. The van der Waals surface area contributed by atoms with Crippen molar-refractivity contribution < 1.29 is 36.2 Å². The van der Waals surface area contributed by atoms with Gasteiger partial charge in [0.2, 0.25) is 0 Å². The van der Waals surface area contributed by atoms with Gasteiger partial charge in [-0.25, -0.2) is 4.79 Å². The van der Waals surface area contributed by atoms with Gasteiger partial charge in [0.15, 0.2) is 0 Å². The molecule has 1 aliphatic heterocycles. The van der Waals surface area contributed by atoms with Crippen molar-refractivity contribution in [2.24, 2.45) is 5.92 Å². The second kappa shape index (κ2) is 4.83. The zero-order chi connectivity index (χ0) is 14.1. The van der Waals surface area contributed by atoms with E-state index in [1.807, 2.05) is 0 Å². The summed E-state index contributed by atoms with van der Waals surface area (Å²) in [7, 11) is 0. The molecule has 0 spiro atoms. The average Bonchev–Trinajstić information content (AvgIpc) is 2.12. The Bertz CT molecular complexity index is 339. The number of carbonyl (C=O) groups is 1. The third-order valence-electron chi connectivity index (χ3n) is 2.64. The number of halogens is 5. The molecule has 1 aliphatic rings. The molecule has 0 radical (unpaired) electrons. The quantitative estimate of drug-likeness (QED) is 0.448. The van der Waals surface area contributed by atoms with Gasteiger partial charge in [0.25, 0.3) is 0 Å². The minimum Gasteiger partial charge on any atom is -0.457 e. The Hall–Kier alpha value is -1.18. The van der Waals surface area contributed by atoms with Gasteiger partial charge in [-0.05, 0) is 6.92 Å². The van der Waals surface area contributed by atoms with E-state index in [1.54, 1.807) is 0 Å². The van der Waals surface area contributed by atoms with E-state index in [1.165, 1.54) is 6.92 Å². The molecule has 0 saturated carbocycles. The Morgan fingerprint density at radius 3 is 2.33 bits per heavy atom. The van der Waals surface area contributed by atoms with Crippen LogP contribution >= 0.6 is 0 Å². The van der Waals surface area contributed by atoms with E-state index in [0.717, 1.165) is 6.08 Å². The van der Waals surface area contributed by atoms with Crippen LogP contribution in [0.5, 0.6) is 0 Å². The number of hydrogen-bond acceptors (Lipinski definition) is 3. The molecule has 0 amide bonds. The monoisotopic (exact) mass is 274 g/mol. The summed E-state index contributed by atoms with van der Waals surface area (Å²) in [6.07, 6.45) is -7.55. The topological polar surface area (TPSA) is 35.5 Å². The maximum absolute atomic E-state index is 13.0. The van der Waals surface area contributed by atoms with Crippen molar-refractivity contribution in [1.29, 1.82) is 0 Å². The lowest BCUT2D eigenvalue weighted by atomic mass is 9.87. The minimum absolute atomic E-state index is 0.729. The van der Waals surface area contributed by atoms with Gasteiger partial charge in [0, 0.05) is 6.08 Å². The number of alkyl halides is 5. The largest absolute Gasteiger partial charge is 0.457 e. The third kappa shape index (κ3) is 2.63. The van der Waals surface area contributed by atoms with Gasteiger partial charge in [0.1, 0.15) is 12.2 Å². The Kier molecular flexibility index (Phi) is 3.99. The second-order valence-electron chi connectivity index (χ2n) is 3.87.